The van der Waals surface area contributed by atoms with Crippen LogP contribution in [0.5, 0.6) is 0 Å². The van der Waals surface area contributed by atoms with Gasteiger partial charge in [-0.3, -0.25) is 0 Å². The summed E-state index contributed by atoms with van der Waals surface area (Å²) in [5, 5.41) is 14.0. The summed E-state index contributed by atoms with van der Waals surface area (Å²) < 4.78 is 1.36. The molecular formula is C24H14S. The average molecular weight is 334 g/mol. The fraction of sp³-hybridized carbons (Fsp3) is 0. The molecule has 25 heavy (non-hydrogen) atoms. The van der Waals surface area contributed by atoms with Gasteiger partial charge in [-0.15, -0.1) is 11.3 Å². The van der Waals surface area contributed by atoms with Crippen LogP contribution in [0.1, 0.15) is 0 Å². The summed E-state index contributed by atoms with van der Waals surface area (Å²) in [6.07, 6.45) is 0. The van der Waals surface area contributed by atoms with Gasteiger partial charge in [0.2, 0.25) is 0 Å². The number of thiophene rings is 1. The molecule has 0 aliphatic rings. The third-order valence-electron chi connectivity index (χ3n) is 5.19. The van der Waals surface area contributed by atoms with Gasteiger partial charge in [-0.05, 0) is 108 Å². The summed E-state index contributed by atoms with van der Waals surface area (Å²) in [4.78, 5) is 0. The Balaban J connectivity index is 1.74. The first-order valence-corrected chi connectivity index (χ1v) is 9.39. The van der Waals surface area contributed by atoms with E-state index in [1.54, 1.807) is 0 Å². The maximum atomic E-state index is 2.33. The molecule has 0 spiro atoms. The number of benzene rings is 5. The number of rotatable bonds is 0. The summed E-state index contributed by atoms with van der Waals surface area (Å²) in [7, 11) is 0. The van der Waals surface area contributed by atoms with Crippen molar-refractivity contribution in [3.63, 3.8) is 0 Å². The van der Waals surface area contributed by atoms with E-state index in [-0.39, 0.29) is 0 Å². The lowest BCUT2D eigenvalue weighted by Crippen LogP contribution is -1.80. The summed E-state index contributed by atoms with van der Waals surface area (Å²) in [5.41, 5.74) is 0. The first kappa shape index (κ1) is 13.4. The highest BCUT2D eigenvalue weighted by atomic mass is 32.1. The van der Waals surface area contributed by atoms with Crippen LogP contribution in [0.3, 0.4) is 0 Å². The van der Waals surface area contributed by atoms with E-state index in [9.17, 15) is 0 Å². The van der Waals surface area contributed by atoms with Crippen molar-refractivity contribution < 1.29 is 0 Å². The molecule has 0 amide bonds. The van der Waals surface area contributed by atoms with Gasteiger partial charge in [-0.1, -0.05) is 24.3 Å². The molecule has 0 saturated heterocycles. The molecule has 0 nitrogen and oxygen atoms in total. The predicted octanol–water partition coefficient (Wildman–Crippen LogP) is 7.51. The van der Waals surface area contributed by atoms with Crippen LogP contribution in [0, 0.1) is 0 Å². The monoisotopic (exact) mass is 334 g/mol. The molecule has 5 aromatic carbocycles. The fourth-order valence-corrected chi connectivity index (χ4v) is 4.72. The van der Waals surface area contributed by atoms with E-state index in [1.165, 1.54) is 53.2 Å². The SMILES string of the molecule is c1ccc2cc3cc4cc5cc6sccc6cc5cc4cc3cc2c1. The first-order valence-electron chi connectivity index (χ1n) is 8.51. The van der Waals surface area contributed by atoms with Crippen LogP contribution >= 0.6 is 11.3 Å². The average Bonchev–Trinajstić information content (AvgIpc) is 3.08. The molecule has 6 aromatic rings. The molecule has 1 heterocycles. The minimum Gasteiger partial charge on any atom is -0.144 e. The van der Waals surface area contributed by atoms with E-state index in [1.807, 2.05) is 11.3 Å². The number of hydrogen-bond acceptors (Lipinski definition) is 1. The normalized spacial score (nSPS) is 12.0. The van der Waals surface area contributed by atoms with Gasteiger partial charge < -0.3 is 0 Å². The Morgan fingerprint density at radius 2 is 0.840 bits per heavy atom. The van der Waals surface area contributed by atoms with Gasteiger partial charge in [0, 0.05) is 4.70 Å². The Bertz CT molecular complexity index is 1330. The Labute approximate surface area is 148 Å². The Morgan fingerprint density at radius 1 is 0.400 bits per heavy atom. The van der Waals surface area contributed by atoms with Gasteiger partial charge >= 0.3 is 0 Å². The van der Waals surface area contributed by atoms with Crippen LogP contribution in [0.2, 0.25) is 0 Å². The van der Waals surface area contributed by atoms with Gasteiger partial charge in [0.25, 0.3) is 0 Å². The Kier molecular flexibility index (Phi) is 2.58. The fourth-order valence-electron chi connectivity index (χ4n) is 3.91. The van der Waals surface area contributed by atoms with E-state index in [0.717, 1.165) is 0 Å². The summed E-state index contributed by atoms with van der Waals surface area (Å²) in [6.45, 7) is 0. The van der Waals surface area contributed by atoms with Crippen LogP contribution in [0.4, 0.5) is 0 Å². The van der Waals surface area contributed by atoms with Crippen molar-refractivity contribution >= 4 is 64.5 Å². The van der Waals surface area contributed by atoms with Crippen molar-refractivity contribution in [3.8, 4) is 0 Å². The molecule has 0 saturated carbocycles. The molecule has 0 atom stereocenters. The number of fused-ring (bicyclic) bond motifs is 5. The van der Waals surface area contributed by atoms with E-state index in [4.69, 9.17) is 0 Å². The van der Waals surface area contributed by atoms with Crippen molar-refractivity contribution in [2.24, 2.45) is 0 Å². The van der Waals surface area contributed by atoms with Crippen molar-refractivity contribution in [2.75, 3.05) is 0 Å². The molecule has 0 aliphatic carbocycles. The van der Waals surface area contributed by atoms with Gasteiger partial charge in [0.1, 0.15) is 0 Å². The van der Waals surface area contributed by atoms with E-state index in [0.29, 0.717) is 0 Å². The zero-order chi connectivity index (χ0) is 16.4. The molecule has 1 heteroatoms. The van der Waals surface area contributed by atoms with Gasteiger partial charge in [-0.2, -0.15) is 0 Å². The predicted molar refractivity (Wildman–Crippen MR) is 112 cm³/mol. The Morgan fingerprint density at radius 3 is 1.40 bits per heavy atom. The summed E-state index contributed by atoms with van der Waals surface area (Å²) in [5.74, 6) is 0. The van der Waals surface area contributed by atoms with Crippen LogP contribution in [-0.4, -0.2) is 0 Å². The molecule has 6 rings (SSSR count). The van der Waals surface area contributed by atoms with E-state index < -0.39 is 0 Å². The molecule has 0 bridgehead atoms. The minimum absolute atomic E-state index is 1.30. The van der Waals surface area contributed by atoms with Gasteiger partial charge in [-0.25, -0.2) is 0 Å². The van der Waals surface area contributed by atoms with Gasteiger partial charge in [0.05, 0.1) is 0 Å². The molecule has 0 aliphatic heterocycles. The highest BCUT2D eigenvalue weighted by Crippen LogP contribution is 2.33. The highest BCUT2D eigenvalue weighted by Gasteiger charge is 2.05. The second-order valence-corrected chi connectivity index (χ2v) is 7.70. The minimum atomic E-state index is 1.30. The zero-order valence-corrected chi connectivity index (χ0v) is 14.3. The maximum Gasteiger partial charge on any atom is 0.0349 e. The molecule has 1 aromatic heterocycles. The zero-order valence-electron chi connectivity index (χ0n) is 13.5. The largest absolute Gasteiger partial charge is 0.144 e. The molecule has 0 radical (unpaired) electrons. The van der Waals surface area contributed by atoms with Gasteiger partial charge in [0.15, 0.2) is 0 Å². The maximum absolute atomic E-state index is 2.33. The highest BCUT2D eigenvalue weighted by molar-refractivity contribution is 7.17. The third-order valence-corrected chi connectivity index (χ3v) is 6.07. The lowest BCUT2D eigenvalue weighted by molar-refractivity contribution is 1.79. The second kappa shape index (κ2) is 4.81. The standard InChI is InChI=1S/C24H14S/c1-2-4-16-8-19-11-22-13-23-14-24-17(5-6-25-24)9-20(23)12-21(22)10-18(19)7-15(16)3-1/h1-14H. The molecule has 0 N–H and O–H groups in total. The lowest BCUT2D eigenvalue weighted by atomic mass is 9.97. The lowest BCUT2D eigenvalue weighted by Gasteiger charge is -2.07. The Hall–Kier alpha value is -2.90. The molecule has 116 valence electrons. The molecular weight excluding hydrogens is 320 g/mol. The van der Waals surface area contributed by atoms with Crippen LogP contribution in [0.25, 0.3) is 53.2 Å². The molecule has 0 fully saturated rings. The first-order chi connectivity index (χ1) is 12.3. The quantitative estimate of drug-likeness (QED) is 0.252. The topological polar surface area (TPSA) is 0 Å². The van der Waals surface area contributed by atoms with Crippen molar-refractivity contribution in [1.82, 2.24) is 0 Å². The summed E-state index contributed by atoms with van der Waals surface area (Å²) in [6, 6.07) is 29.3. The third kappa shape index (κ3) is 2.00. The molecule has 0 unspecified atom stereocenters. The van der Waals surface area contributed by atoms with Crippen LogP contribution in [-0.2, 0) is 0 Å². The van der Waals surface area contributed by atoms with Crippen LogP contribution in [0.15, 0.2) is 84.2 Å². The van der Waals surface area contributed by atoms with Crippen molar-refractivity contribution in [3.05, 3.63) is 84.2 Å². The van der Waals surface area contributed by atoms with Crippen molar-refractivity contribution in [2.45, 2.75) is 0 Å². The van der Waals surface area contributed by atoms with E-state index in [2.05, 4.69) is 84.2 Å². The van der Waals surface area contributed by atoms with Crippen LogP contribution < -0.4 is 0 Å². The smallest absolute Gasteiger partial charge is 0.0349 e. The second-order valence-electron chi connectivity index (χ2n) is 6.76. The number of hydrogen-bond donors (Lipinski definition) is 0. The summed E-state index contributed by atoms with van der Waals surface area (Å²) >= 11 is 1.81. The van der Waals surface area contributed by atoms with Crippen molar-refractivity contribution in [1.29, 1.82) is 0 Å². The van der Waals surface area contributed by atoms with E-state index >= 15 is 0 Å².